The summed E-state index contributed by atoms with van der Waals surface area (Å²) < 4.78 is 39.6. The minimum absolute atomic E-state index is 0.204. The van der Waals surface area contributed by atoms with Crippen molar-refractivity contribution >= 4 is 0 Å². The minimum atomic E-state index is -4.20. The molecule has 98 valence electrons. The number of alkyl halides is 3. The molecule has 0 saturated carbocycles. The lowest BCUT2D eigenvalue weighted by Crippen LogP contribution is -2.23. The molecule has 0 aromatic heterocycles. The average Bonchev–Trinajstić information content (AvgIpc) is 2.21. The summed E-state index contributed by atoms with van der Waals surface area (Å²) >= 11 is 0. The topological polar surface area (TPSA) is 21.3 Å². The zero-order valence-electron chi connectivity index (χ0n) is 10.1. The minimum Gasteiger partial charge on any atom is -0.372 e. The van der Waals surface area contributed by atoms with Crippen LogP contribution in [0.25, 0.3) is 0 Å². The van der Waals surface area contributed by atoms with Gasteiger partial charge in [-0.25, -0.2) is 0 Å². The molecule has 5 heteroatoms. The number of halogens is 3. The summed E-state index contributed by atoms with van der Waals surface area (Å²) in [5.41, 5.74) is 0. The fourth-order valence-electron chi connectivity index (χ4n) is 1.51. The number of ether oxygens (including phenoxy) is 1. The highest BCUT2D eigenvalue weighted by molar-refractivity contribution is 4.61. The molecule has 0 heterocycles. The van der Waals surface area contributed by atoms with Gasteiger partial charge in [0.15, 0.2) is 0 Å². The zero-order valence-corrected chi connectivity index (χ0v) is 10.1. The lowest BCUT2D eigenvalue weighted by Gasteiger charge is -2.13. The van der Waals surface area contributed by atoms with Crippen LogP contribution in [0.4, 0.5) is 13.2 Å². The smallest absolute Gasteiger partial charge is 0.372 e. The molecule has 1 N–H and O–H groups in total. The van der Waals surface area contributed by atoms with Gasteiger partial charge in [-0.05, 0) is 26.3 Å². The Labute approximate surface area is 95.5 Å². The maximum atomic E-state index is 11.7. The Morgan fingerprint density at radius 1 is 1.19 bits per heavy atom. The molecule has 0 radical (unpaired) electrons. The van der Waals surface area contributed by atoms with Crippen molar-refractivity contribution in [3.63, 3.8) is 0 Å². The van der Waals surface area contributed by atoms with E-state index in [1.165, 1.54) is 0 Å². The van der Waals surface area contributed by atoms with Crippen molar-refractivity contribution in [2.24, 2.45) is 0 Å². The van der Waals surface area contributed by atoms with Crippen molar-refractivity contribution in [3.05, 3.63) is 0 Å². The maximum Gasteiger partial charge on any atom is 0.411 e. The van der Waals surface area contributed by atoms with Gasteiger partial charge in [-0.1, -0.05) is 19.8 Å². The molecular weight excluding hydrogens is 219 g/mol. The Kier molecular flexibility index (Phi) is 8.66. The van der Waals surface area contributed by atoms with Crippen LogP contribution >= 0.6 is 0 Å². The van der Waals surface area contributed by atoms with E-state index in [-0.39, 0.29) is 6.61 Å². The first-order valence-corrected chi connectivity index (χ1v) is 5.81. The summed E-state index contributed by atoms with van der Waals surface area (Å²) in [4.78, 5) is 0. The highest BCUT2D eigenvalue weighted by Crippen LogP contribution is 2.14. The summed E-state index contributed by atoms with van der Waals surface area (Å²) in [7, 11) is 1.93. The van der Waals surface area contributed by atoms with Gasteiger partial charge in [0.2, 0.25) is 0 Å². The molecule has 0 aliphatic rings. The van der Waals surface area contributed by atoms with Gasteiger partial charge in [0.05, 0.1) is 0 Å². The summed E-state index contributed by atoms with van der Waals surface area (Å²) in [6.45, 7) is 1.20. The third kappa shape index (κ3) is 10.2. The average molecular weight is 241 g/mol. The second-order valence-electron chi connectivity index (χ2n) is 3.91. The van der Waals surface area contributed by atoms with E-state index >= 15 is 0 Å². The fraction of sp³-hybridized carbons (Fsp3) is 1.00. The van der Waals surface area contributed by atoms with Crippen LogP contribution in [-0.4, -0.2) is 32.5 Å². The second kappa shape index (κ2) is 8.82. The van der Waals surface area contributed by atoms with Crippen LogP contribution in [0.1, 0.15) is 39.0 Å². The third-order valence-electron chi connectivity index (χ3n) is 2.51. The number of hydrogen-bond donors (Lipinski definition) is 1. The van der Waals surface area contributed by atoms with Gasteiger partial charge in [-0.2, -0.15) is 13.2 Å². The molecule has 16 heavy (non-hydrogen) atoms. The highest BCUT2D eigenvalue weighted by Gasteiger charge is 2.27. The first kappa shape index (κ1) is 15.7. The lowest BCUT2D eigenvalue weighted by atomic mass is 10.1. The molecule has 0 amide bonds. The molecule has 1 atom stereocenters. The van der Waals surface area contributed by atoms with Crippen molar-refractivity contribution in [2.45, 2.75) is 51.2 Å². The van der Waals surface area contributed by atoms with Crippen molar-refractivity contribution in [1.29, 1.82) is 0 Å². The van der Waals surface area contributed by atoms with E-state index in [1.54, 1.807) is 0 Å². The second-order valence-corrected chi connectivity index (χ2v) is 3.91. The summed E-state index contributed by atoms with van der Waals surface area (Å²) in [5.74, 6) is 0. The SMILES string of the molecule is CCC(CCCCCOCC(F)(F)F)NC. The fourth-order valence-corrected chi connectivity index (χ4v) is 1.51. The Hall–Kier alpha value is -0.290. The molecule has 0 saturated heterocycles. The first-order chi connectivity index (χ1) is 7.49. The van der Waals surface area contributed by atoms with Gasteiger partial charge < -0.3 is 10.1 Å². The van der Waals surface area contributed by atoms with E-state index in [9.17, 15) is 13.2 Å². The molecule has 0 aromatic rings. The van der Waals surface area contributed by atoms with Gasteiger partial charge >= 0.3 is 6.18 Å². The predicted molar refractivity (Wildman–Crippen MR) is 58.5 cm³/mol. The maximum absolute atomic E-state index is 11.7. The van der Waals surface area contributed by atoms with E-state index in [0.717, 1.165) is 25.7 Å². The Balaban J connectivity index is 3.21. The van der Waals surface area contributed by atoms with Gasteiger partial charge in [0.25, 0.3) is 0 Å². The standard InChI is InChI=1S/C11H22F3NO/c1-3-10(15-2)7-5-4-6-8-16-9-11(12,13)14/h10,15H,3-9H2,1-2H3. The summed E-state index contributed by atoms with van der Waals surface area (Å²) in [5, 5.41) is 3.19. The van der Waals surface area contributed by atoms with Crippen LogP contribution in [0.3, 0.4) is 0 Å². The van der Waals surface area contributed by atoms with E-state index < -0.39 is 12.8 Å². The molecule has 1 unspecified atom stereocenters. The van der Waals surface area contributed by atoms with Crippen LogP contribution in [0.2, 0.25) is 0 Å². The molecule has 0 aliphatic carbocycles. The Bertz CT molecular complexity index is 158. The van der Waals surface area contributed by atoms with Crippen molar-refractivity contribution in [3.8, 4) is 0 Å². The quantitative estimate of drug-likeness (QED) is 0.626. The van der Waals surface area contributed by atoms with Gasteiger partial charge in [0, 0.05) is 12.6 Å². The first-order valence-electron chi connectivity index (χ1n) is 5.81. The zero-order chi connectivity index (χ0) is 12.4. The van der Waals surface area contributed by atoms with Crippen LogP contribution < -0.4 is 5.32 Å². The molecule has 0 rings (SSSR count). The van der Waals surface area contributed by atoms with Gasteiger partial charge in [0.1, 0.15) is 6.61 Å². The Morgan fingerprint density at radius 3 is 2.38 bits per heavy atom. The van der Waals surface area contributed by atoms with Crippen molar-refractivity contribution in [2.75, 3.05) is 20.3 Å². The lowest BCUT2D eigenvalue weighted by molar-refractivity contribution is -0.174. The largest absolute Gasteiger partial charge is 0.411 e. The van der Waals surface area contributed by atoms with Crippen LogP contribution in [0.15, 0.2) is 0 Å². The molecule has 0 bridgehead atoms. The number of rotatable bonds is 9. The number of unbranched alkanes of at least 4 members (excludes halogenated alkanes) is 2. The molecule has 0 aliphatic heterocycles. The molecular formula is C11H22F3NO. The number of nitrogens with one attached hydrogen (secondary N) is 1. The third-order valence-corrected chi connectivity index (χ3v) is 2.51. The van der Waals surface area contributed by atoms with E-state index in [0.29, 0.717) is 12.5 Å². The summed E-state index contributed by atoms with van der Waals surface area (Å²) in [6, 6.07) is 0.524. The van der Waals surface area contributed by atoms with Crippen LogP contribution in [0, 0.1) is 0 Å². The summed E-state index contributed by atoms with van der Waals surface area (Å²) in [6.07, 6.45) is 0.633. The molecule has 0 spiro atoms. The molecule has 2 nitrogen and oxygen atoms in total. The monoisotopic (exact) mass is 241 g/mol. The molecule has 0 fully saturated rings. The van der Waals surface area contributed by atoms with Gasteiger partial charge in [-0.3, -0.25) is 0 Å². The van der Waals surface area contributed by atoms with Crippen LogP contribution in [0.5, 0.6) is 0 Å². The van der Waals surface area contributed by atoms with Crippen LogP contribution in [-0.2, 0) is 4.74 Å². The van der Waals surface area contributed by atoms with Gasteiger partial charge in [-0.15, -0.1) is 0 Å². The van der Waals surface area contributed by atoms with Crippen molar-refractivity contribution < 1.29 is 17.9 Å². The van der Waals surface area contributed by atoms with E-state index in [2.05, 4.69) is 17.0 Å². The molecule has 0 aromatic carbocycles. The van der Waals surface area contributed by atoms with E-state index in [1.807, 2.05) is 7.05 Å². The normalized spacial score (nSPS) is 14.1. The van der Waals surface area contributed by atoms with Crippen molar-refractivity contribution in [1.82, 2.24) is 5.32 Å². The number of hydrogen-bond acceptors (Lipinski definition) is 2. The predicted octanol–water partition coefficient (Wildman–Crippen LogP) is 3.12. The Morgan fingerprint density at radius 2 is 1.88 bits per heavy atom. The highest BCUT2D eigenvalue weighted by atomic mass is 19.4. The van der Waals surface area contributed by atoms with E-state index in [4.69, 9.17) is 0 Å².